The molecule has 144 valence electrons. The first-order chi connectivity index (χ1) is 13.6. The zero-order valence-electron chi connectivity index (χ0n) is 16.2. The Labute approximate surface area is 165 Å². The van der Waals surface area contributed by atoms with E-state index >= 15 is 0 Å². The lowest BCUT2D eigenvalue weighted by atomic mass is 10.1. The third-order valence-electron chi connectivity index (χ3n) is 4.08. The van der Waals surface area contributed by atoms with Crippen molar-refractivity contribution in [2.45, 2.75) is 26.4 Å². The number of anilines is 2. The first-order valence-corrected chi connectivity index (χ1v) is 9.42. The molecule has 3 aromatic rings. The van der Waals surface area contributed by atoms with Gasteiger partial charge in [-0.15, -0.1) is 0 Å². The molecular formula is C23H25N3O2. The molecule has 5 heteroatoms. The number of rotatable bonds is 8. The van der Waals surface area contributed by atoms with Crippen molar-refractivity contribution in [3.63, 3.8) is 0 Å². The minimum absolute atomic E-state index is 0.0216. The number of carbonyl (C=O) groups excluding carboxylic acids is 1. The second kappa shape index (κ2) is 9.55. The van der Waals surface area contributed by atoms with Crippen LogP contribution in [0.3, 0.4) is 0 Å². The van der Waals surface area contributed by atoms with Crippen molar-refractivity contribution >= 4 is 17.3 Å². The number of carbonyl (C=O) groups is 1. The molecule has 1 amide bonds. The molecule has 0 aliphatic rings. The van der Waals surface area contributed by atoms with E-state index in [4.69, 9.17) is 4.74 Å². The number of para-hydroxylation sites is 2. The Morgan fingerprint density at radius 1 is 1.04 bits per heavy atom. The summed E-state index contributed by atoms with van der Waals surface area (Å²) in [6.07, 6.45) is 2.56. The molecule has 0 saturated carbocycles. The third kappa shape index (κ3) is 5.58. The number of hydrogen-bond acceptors (Lipinski definition) is 4. The average molecular weight is 375 g/mol. The highest BCUT2D eigenvalue weighted by molar-refractivity contribution is 6.04. The minimum atomic E-state index is -0.272. The van der Waals surface area contributed by atoms with Crippen molar-refractivity contribution in [2.75, 3.05) is 17.2 Å². The molecule has 0 bridgehead atoms. The van der Waals surface area contributed by atoms with E-state index in [1.807, 2.05) is 62.4 Å². The van der Waals surface area contributed by atoms with E-state index in [1.54, 1.807) is 12.3 Å². The Bertz CT molecular complexity index is 910. The van der Waals surface area contributed by atoms with Gasteiger partial charge in [-0.25, -0.2) is 0 Å². The lowest BCUT2D eigenvalue weighted by Crippen LogP contribution is -2.16. The quantitative estimate of drug-likeness (QED) is 0.595. The van der Waals surface area contributed by atoms with Crippen molar-refractivity contribution in [3.05, 3.63) is 84.2 Å². The molecule has 0 fully saturated rings. The second-order valence-corrected chi connectivity index (χ2v) is 6.71. The monoisotopic (exact) mass is 375 g/mol. The molecule has 0 aliphatic carbocycles. The van der Waals surface area contributed by atoms with Crippen molar-refractivity contribution in [1.29, 1.82) is 0 Å². The number of amides is 1. The van der Waals surface area contributed by atoms with E-state index in [0.717, 1.165) is 18.7 Å². The highest BCUT2D eigenvalue weighted by Crippen LogP contribution is 2.25. The Kier molecular flexibility index (Phi) is 6.63. The SMILES string of the molecule is CC(C)Oc1ccccc1NC(=O)c1cc(NCCc2ccccc2)ccn1. The topological polar surface area (TPSA) is 63.2 Å². The van der Waals surface area contributed by atoms with Crippen LogP contribution in [-0.2, 0) is 6.42 Å². The molecule has 1 heterocycles. The van der Waals surface area contributed by atoms with E-state index in [2.05, 4.69) is 27.8 Å². The number of pyridine rings is 1. The van der Waals surface area contributed by atoms with E-state index in [0.29, 0.717) is 17.1 Å². The molecular weight excluding hydrogens is 350 g/mol. The number of aromatic nitrogens is 1. The highest BCUT2D eigenvalue weighted by Gasteiger charge is 2.12. The number of nitrogens with one attached hydrogen (secondary N) is 2. The van der Waals surface area contributed by atoms with Crippen LogP contribution in [0.2, 0.25) is 0 Å². The van der Waals surface area contributed by atoms with E-state index in [1.165, 1.54) is 5.56 Å². The first kappa shape index (κ1) is 19.4. The van der Waals surface area contributed by atoms with Gasteiger partial charge in [0.2, 0.25) is 0 Å². The molecule has 0 saturated heterocycles. The van der Waals surface area contributed by atoms with Gasteiger partial charge >= 0.3 is 0 Å². The third-order valence-corrected chi connectivity index (χ3v) is 4.08. The maximum Gasteiger partial charge on any atom is 0.274 e. The van der Waals surface area contributed by atoms with Gasteiger partial charge in [0, 0.05) is 18.4 Å². The summed E-state index contributed by atoms with van der Waals surface area (Å²) in [5.74, 6) is 0.370. The summed E-state index contributed by atoms with van der Waals surface area (Å²) in [4.78, 5) is 16.8. The lowest BCUT2D eigenvalue weighted by Gasteiger charge is -2.14. The van der Waals surface area contributed by atoms with Crippen LogP contribution in [0.5, 0.6) is 5.75 Å². The average Bonchev–Trinajstić information content (AvgIpc) is 2.70. The largest absolute Gasteiger partial charge is 0.489 e. The summed E-state index contributed by atoms with van der Waals surface area (Å²) < 4.78 is 5.75. The van der Waals surface area contributed by atoms with Crippen LogP contribution in [0.25, 0.3) is 0 Å². The van der Waals surface area contributed by atoms with Crippen molar-refractivity contribution in [2.24, 2.45) is 0 Å². The van der Waals surface area contributed by atoms with Crippen LogP contribution < -0.4 is 15.4 Å². The van der Waals surface area contributed by atoms with Gasteiger partial charge in [-0.1, -0.05) is 42.5 Å². The van der Waals surface area contributed by atoms with Gasteiger partial charge in [0.05, 0.1) is 11.8 Å². The normalized spacial score (nSPS) is 10.5. The molecule has 5 nitrogen and oxygen atoms in total. The minimum Gasteiger partial charge on any atom is -0.489 e. The zero-order valence-corrected chi connectivity index (χ0v) is 16.2. The summed E-state index contributed by atoms with van der Waals surface area (Å²) in [7, 11) is 0. The molecule has 2 N–H and O–H groups in total. The Hall–Kier alpha value is -3.34. The Balaban J connectivity index is 1.62. The van der Waals surface area contributed by atoms with Gasteiger partial charge in [0.1, 0.15) is 11.4 Å². The lowest BCUT2D eigenvalue weighted by molar-refractivity contribution is 0.102. The van der Waals surface area contributed by atoms with Crippen molar-refractivity contribution in [3.8, 4) is 5.75 Å². The smallest absolute Gasteiger partial charge is 0.274 e. The fourth-order valence-electron chi connectivity index (χ4n) is 2.77. The molecule has 1 aromatic heterocycles. The summed E-state index contributed by atoms with van der Waals surface area (Å²) in [6, 6.07) is 21.3. The van der Waals surface area contributed by atoms with E-state index < -0.39 is 0 Å². The molecule has 0 radical (unpaired) electrons. The van der Waals surface area contributed by atoms with Crippen LogP contribution in [0.15, 0.2) is 72.9 Å². The van der Waals surface area contributed by atoms with Gasteiger partial charge < -0.3 is 15.4 Å². The maximum absolute atomic E-state index is 12.6. The molecule has 28 heavy (non-hydrogen) atoms. The van der Waals surface area contributed by atoms with Crippen LogP contribution >= 0.6 is 0 Å². The second-order valence-electron chi connectivity index (χ2n) is 6.71. The molecule has 3 rings (SSSR count). The summed E-state index contributed by atoms with van der Waals surface area (Å²) in [5.41, 5.74) is 3.11. The number of ether oxygens (including phenoxy) is 1. The van der Waals surface area contributed by atoms with Gasteiger partial charge in [0.25, 0.3) is 5.91 Å². The fourth-order valence-corrected chi connectivity index (χ4v) is 2.77. The van der Waals surface area contributed by atoms with Crippen molar-refractivity contribution in [1.82, 2.24) is 4.98 Å². The van der Waals surface area contributed by atoms with Crippen LogP contribution in [0.1, 0.15) is 29.9 Å². The summed E-state index contributed by atoms with van der Waals surface area (Å²) in [6.45, 7) is 4.68. The number of hydrogen-bond donors (Lipinski definition) is 2. The number of nitrogens with zero attached hydrogens (tertiary/aromatic N) is 1. The van der Waals surface area contributed by atoms with Crippen LogP contribution in [0.4, 0.5) is 11.4 Å². The van der Waals surface area contributed by atoms with E-state index in [9.17, 15) is 4.79 Å². The van der Waals surface area contributed by atoms with Gasteiger partial charge in [-0.05, 0) is 50.1 Å². The molecule has 2 aromatic carbocycles. The predicted molar refractivity (Wildman–Crippen MR) is 113 cm³/mol. The Morgan fingerprint density at radius 3 is 2.57 bits per heavy atom. The van der Waals surface area contributed by atoms with Crippen LogP contribution in [-0.4, -0.2) is 23.5 Å². The summed E-state index contributed by atoms with van der Waals surface area (Å²) >= 11 is 0. The zero-order chi connectivity index (χ0) is 19.8. The van der Waals surface area contributed by atoms with Crippen molar-refractivity contribution < 1.29 is 9.53 Å². The fraction of sp³-hybridized carbons (Fsp3) is 0.217. The van der Waals surface area contributed by atoms with Gasteiger partial charge in [-0.3, -0.25) is 9.78 Å². The van der Waals surface area contributed by atoms with E-state index in [-0.39, 0.29) is 12.0 Å². The standard InChI is InChI=1S/C23H25N3O2/c1-17(2)28-22-11-7-6-10-20(22)26-23(27)21-16-19(13-15-25-21)24-14-12-18-8-4-3-5-9-18/h3-11,13,15-17H,12,14H2,1-2H3,(H,24,25)(H,26,27). The number of benzene rings is 2. The summed E-state index contributed by atoms with van der Waals surface area (Å²) in [5, 5.41) is 6.23. The van der Waals surface area contributed by atoms with Gasteiger partial charge in [0.15, 0.2) is 0 Å². The highest BCUT2D eigenvalue weighted by atomic mass is 16.5. The van der Waals surface area contributed by atoms with Crippen LogP contribution in [0, 0.1) is 0 Å². The first-order valence-electron chi connectivity index (χ1n) is 9.42. The van der Waals surface area contributed by atoms with Gasteiger partial charge in [-0.2, -0.15) is 0 Å². The molecule has 0 atom stereocenters. The predicted octanol–water partition coefficient (Wildman–Crippen LogP) is 4.78. The molecule has 0 spiro atoms. The Morgan fingerprint density at radius 2 is 1.79 bits per heavy atom. The molecule has 0 unspecified atom stereocenters. The molecule has 0 aliphatic heterocycles. The maximum atomic E-state index is 12.6.